The number of aryl methyl sites for hydroxylation is 1. The summed E-state index contributed by atoms with van der Waals surface area (Å²) < 4.78 is 6.83. The lowest BCUT2D eigenvalue weighted by Crippen LogP contribution is -2.27. The Kier molecular flexibility index (Phi) is 5.24. The van der Waals surface area contributed by atoms with Gasteiger partial charge in [-0.3, -0.25) is 14.5 Å². The van der Waals surface area contributed by atoms with Gasteiger partial charge in [-0.05, 0) is 48.5 Å². The molecule has 0 spiro atoms. The number of carbonyl (C=O) groups excluding carboxylic acids is 2. The predicted octanol–water partition coefficient (Wildman–Crippen LogP) is 6.25. The molecular weight excluding hydrogens is 438 g/mol. The van der Waals surface area contributed by atoms with Crippen molar-refractivity contribution in [2.45, 2.75) is 13.5 Å². The average molecular weight is 454 g/mol. The highest BCUT2D eigenvalue weighted by molar-refractivity contribution is 9.10. The van der Waals surface area contributed by atoms with E-state index in [2.05, 4.69) is 15.9 Å². The van der Waals surface area contributed by atoms with Crippen molar-refractivity contribution < 1.29 is 14.0 Å². The quantitative estimate of drug-likeness (QED) is 0.437. The number of carbonyl (C=O) groups is 2. The van der Waals surface area contributed by atoms with Crippen molar-refractivity contribution >= 4 is 44.9 Å². The molecule has 4 rings (SSSR count). The summed E-state index contributed by atoms with van der Waals surface area (Å²) in [5.41, 5.74) is 2.96. The van der Waals surface area contributed by atoms with E-state index >= 15 is 0 Å². The molecule has 0 bridgehead atoms. The lowest BCUT2D eigenvalue weighted by molar-refractivity contribution is -0.123. The van der Waals surface area contributed by atoms with E-state index in [9.17, 15) is 9.59 Å². The fraction of sp³-hybridized carbons (Fsp3) is 0.0909. The summed E-state index contributed by atoms with van der Waals surface area (Å²) in [4.78, 5) is 26.7. The van der Waals surface area contributed by atoms with Gasteiger partial charge >= 0.3 is 0 Å². The van der Waals surface area contributed by atoms with Crippen molar-refractivity contribution in [1.29, 1.82) is 0 Å². The second-order valence-electron chi connectivity index (χ2n) is 6.47. The summed E-state index contributed by atoms with van der Waals surface area (Å²) in [5, 5.41) is -0.266. The van der Waals surface area contributed by atoms with E-state index in [1.165, 1.54) is 4.90 Å². The second kappa shape index (κ2) is 7.81. The van der Waals surface area contributed by atoms with Crippen LogP contribution in [0.2, 0.25) is 0 Å². The molecule has 0 radical (unpaired) electrons. The van der Waals surface area contributed by atoms with Gasteiger partial charge in [0.1, 0.15) is 11.5 Å². The van der Waals surface area contributed by atoms with Gasteiger partial charge in [0, 0.05) is 16.1 Å². The number of furan rings is 1. The normalized spacial score (nSPS) is 15.6. The molecule has 1 aliphatic heterocycles. The molecule has 3 aromatic rings. The number of nitrogens with zero attached hydrogens (tertiary/aromatic N) is 1. The zero-order valence-corrected chi connectivity index (χ0v) is 17.4. The van der Waals surface area contributed by atoms with Crippen LogP contribution in [0, 0.1) is 6.92 Å². The number of hydrogen-bond donors (Lipinski definition) is 0. The van der Waals surface area contributed by atoms with E-state index in [0.29, 0.717) is 16.4 Å². The number of halogens is 1. The Hall–Kier alpha value is -2.57. The molecule has 28 heavy (non-hydrogen) atoms. The van der Waals surface area contributed by atoms with Crippen LogP contribution < -0.4 is 0 Å². The van der Waals surface area contributed by atoms with Gasteiger partial charge in [-0.1, -0.05) is 57.9 Å². The summed E-state index contributed by atoms with van der Waals surface area (Å²) in [7, 11) is 0. The Balaban J connectivity index is 1.53. The van der Waals surface area contributed by atoms with E-state index in [0.717, 1.165) is 32.9 Å². The third kappa shape index (κ3) is 3.98. The van der Waals surface area contributed by atoms with Crippen LogP contribution in [0.25, 0.3) is 17.4 Å². The monoisotopic (exact) mass is 453 g/mol. The number of hydrogen-bond acceptors (Lipinski definition) is 4. The second-order valence-corrected chi connectivity index (χ2v) is 8.37. The SMILES string of the molecule is Cc1cccc(CN2C(=O)S/C(=C\c3ccc(-c4ccc(Br)cc4)o3)C2=O)c1. The molecule has 1 fully saturated rings. The summed E-state index contributed by atoms with van der Waals surface area (Å²) in [6.45, 7) is 2.25. The first-order valence-electron chi connectivity index (χ1n) is 8.66. The van der Waals surface area contributed by atoms with Crippen LogP contribution in [0.1, 0.15) is 16.9 Å². The molecule has 6 heteroatoms. The van der Waals surface area contributed by atoms with Crippen molar-refractivity contribution in [2.24, 2.45) is 0 Å². The van der Waals surface area contributed by atoms with Crippen LogP contribution >= 0.6 is 27.7 Å². The molecule has 4 nitrogen and oxygen atoms in total. The van der Waals surface area contributed by atoms with Gasteiger partial charge < -0.3 is 4.42 Å². The van der Waals surface area contributed by atoms with Crippen LogP contribution in [0.3, 0.4) is 0 Å². The molecule has 0 saturated carbocycles. The maximum absolute atomic E-state index is 12.7. The summed E-state index contributed by atoms with van der Waals surface area (Å²) in [6.07, 6.45) is 1.63. The van der Waals surface area contributed by atoms with Gasteiger partial charge in [0.2, 0.25) is 0 Å². The molecule has 140 valence electrons. The lowest BCUT2D eigenvalue weighted by atomic mass is 10.1. The molecule has 1 aliphatic rings. The summed E-state index contributed by atoms with van der Waals surface area (Å²) >= 11 is 4.35. The number of imide groups is 1. The van der Waals surface area contributed by atoms with Crippen LogP contribution in [-0.4, -0.2) is 16.0 Å². The minimum absolute atomic E-state index is 0.266. The van der Waals surface area contributed by atoms with Crippen molar-refractivity contribution in [3.8, 4) is 11.3 Å². The Bertz CT molecular complexity index is 1090. The van der Waals surface area contributed by atoms with Gasteiger partial charge in [-0.2, -0.15) is 0 Å². The lowest BCUT2D eigenvalue weighted by Gasteiger charge is -2.12. The molecule has 0 atom stereocenters. The number of benzene rings is 2. The maximum Gasteiger partial charge on any atom is 0.293 e. The molecule has 1 saturated heterocycles. The van der Waals surface area contributed by atoms with Crippen molar-refractivity contribution in [3.63, 3.8) is 0 Å². The van der Waals surface area contributed by atoms with Gasteiger partial charge in [-0.25, -0.2) is 0 Å². The topological polar surface area (TPSA) is 50.5 Å². The molecule has 2 aromatic carbocycles. The van der Waals surface area contributed by atoms with E-state index in [1.54, 1.807) is 12.1 Å². The third-order valence-electron chi connectivity index (χ3n) is 4.33. The number of amides is 2. The summed E-state index contributed by atoms with van der Waals surface area (Å²) in [5.74, 6) is 0.954. The predicted molar refractivity (Wildman–Crippen MR) is 115 cm³/mol. The highest BCUT2D eigenvalue weighted by Crippen LogP contribution is 2.34. The molecule has 0 unspecified atom stereocenters. The molecular formula is C22H16BrNO3S. The van der Waals surface area contributed by atoms with Crippen LogP contribution in [0.15, 0.2) is 74.5 Å². The first-order valence-corrected chi connectivity index (χ1v) is 10.3. The van der Waals surface area contributed by atoms with E-state index in [-0.39, 0.29) is 17.7 Å². The third-order valence-corrected chi connectivity index (χ3v) is 5.76. The fourth-order valence-corrected chi connectivity index (χ4v) is 4.04. The maximum atomic E-state index is 12.7. The molecule has 0 N–H and O–H groups in total. The molecule has 2 amide bonds. The highest BCUT2D eigenvalue weighted by atomic mass is 79.9. The fourth-order valence-electron chi connectivity index (χ4n) is 2.96. The number of rotatable bonds is 4. The molecule has 0 aliphatic carbocycles. The van der Waals surface area contributed by atoms with E-state index < -0.39 is 0 Å². The van der Waals surface area contributed by atoms with Crippen LogP contribution in [-0.2, 0) is 11.3 Å². The minimum Gasteiger partial charge on any atom is -0.457 e. The zero-order valence-electron chi connectivity index (χ0n) is 15.0. The van der Waals surface area contributed by atoms with Gasteiger partial charge in [0.25, 0.3) is 11.1 Å². The molecule has 2 heterocycles. The van der Waals surface area contributed by atoms with E-state index in [1.807, 2.05) is 61.5 Å². The van der Waals surface area contributed by atoms with Crippen molar-refractivity contribution in [1.82, 2.24) is 4.90 Å². The smallest absolute Gasteiger partial charge is 0.293 e. The zero-order chi connectivity index (χ0) is 19.7. The Labute approximate surface area is 175 Å². The first-order chi connectivity index (χ1) is 13.5. The van der Waals surface area contributed by atoms with Gasteiger partial charge in [0.15, 0.2) is 0 Å². The van der Waals surface area contributed by atoms with E-state index in [4.69, 9.17) is 4.42 Å². The Morgan fingerprint density at radius 2 is 1.86 bits per heavy atom. The van der Waals surface area contributed by atoms with Gasteiger partial charge in [0.05, 0.1) is 11.4 Å². The number of thioether (sulfide) groups is 1. The van der Waals surface area contributed by atoms with Crippen molar-refractivity contribution in [3.05, 3.63) is 86.9 Å². The average Bonchev–Trinajstić information content (AvgIpc) is 3.23. The highest BCUT2D eigenvalue weighted by Gasteiger charge is 2.35. The largest absolute Gasteiger partial charge is 0.457 e. The Morgan fingerprint density at radius 1 is 1.07 bits per heavy atom. The standard InChI is InChI=1S/C22H16BrNO3S/c1-14-3-2-4-15(11-14)13-24-21(25)20(28-22(24)26)12-18-9-10-19(27-18)16-5-7-17(23)8-6-16/h2-12H,13H2,1H3/b20-12-. The molecule has 1 aromatic heterocycles. The van der Waals surface area contributed by atoms with Gasteiger partial charge in [-0.15, -0.1) is 0 Å². The van der Waals surface area contributed by atoms with Crippen LogP contribution in [0.4, 0.5) is 4.79 Å². The summed E-state index contributed by atoms with van der Waals surface area (Å²) in [6, 6.07) is 19.2. The van der Waals surface area contributed by atoms with Crippen LogP contribution in [0.5, 0.6) is 0 Å². The van der Waals surface area contributed by atoms with Crippen molar-refractivity contribution in [2.75, 3.05) is 0 Å². The first kappa shape index (κ1) is 18.8. The minimum atomic E-state index is -0.293. The Morgan fingerprint density at radius 3 is 2.61 bits per heavy atom.